The molecule has 0 aromatic heterocycles. The van der Waals surface area contributed by atoms with Crippen LogP contribution in [-0.4, -0.2) is 13.1 Å². The molecule has 216 valence electrons. The van der Waals surface area contributed by atoms with E-state index in [1.165, 1.54) is 23.8 Å². The molecule has 0 amide bonds. The number of carbonyl (C=O) groups excluding carboxylic acids is 1. The highest BCUT2D eigenvalue weighted by atomic mass is 16.5. The Balaban J connectivity index is 1.26. The SMILES string of the molecule is COC(=O)CCCC1(c2ccccc2)C23C=Cc4cc5c6c7c(cc8c9c7c7c%10c-9c(cc9c%10c(c%10c7c6c4C%1021)C(=C3)C9)C8C)C5. The smallest absolute Gasteiger partial charge is 0.305 e. The minimum atomic E-state index is -0.168. The predicted octanol–water partition coefficient (Wildman–Crippen LogP) is 9.51. The summed E-state index contributed by atoms with van der Waals surface area (Å²) in [5, 5.41) is 12.6. The molecule has 46 heavy (non-hydrogen) atoms. The second-order valence-corrected chi connectivity index (χ2v) is 15.6. The van der Waals surface area contributed by atoms with Crippen LogP contribution in [0.15, 0.2) is 60.7 Å². The first-order valence-corrected chi connectivity index (χ1v) is 17.2. The van der Waals surface area contributed by atoms with Crippen LogP contribution in [0.3, 0.4) is 0 Å². The van der Waals surface area contributed by atoms with Gasteiger partial charge in [0.1, 0.15) is 0 Å². The van der Waals surface area contributed by atoms with E-state index in [0.717, 1.165) is 25.7 Å². The quantitative estimate of drug-likeness (QED) is 0.148. The fourth-order valence-electron chi connectivity index (χ4n) is 13.6. The number of rotatable bonds is 5. The maximum absolute atomic E-state index is 12.6. The van der Waals surface area contributed by atoms with Crippen LogP contribution in [0.5, 0.6) is 0 Å². The van der Waals surface area contributed by atoms with Crippen molar-refractivity contribution in [1.82, 2.24) is 0 Å². The van der Waals surface area contributed by atoms with Gasteiger partial charge in [0.25, 0.3) is 0 Å². The molecule has 0 saturated heterocycles. The summed E-state index contributed by atoms with van der Waals surface area (Å²) in [6, 6.07) is 19.2. The number of benzene rings is 6. The van der Waals surface area contributed by atoms with Crippen LogP contribution in [0.4, 0.5) is 0 Å². The van der Waals surface area contributed by atoms with E-state index < -0.39 is 0 Å². The van der Waals surface area contributed by atoms with Crippen molar-refractivity contribution in [3.05, 3.63) is 116 Å². The minimum absolute atomic E-state index is 0.104. The first-order valence-electron chi connectivity index (χ1n) is 17.2. The fraction of sp³-hybridized carbons (Fsp3) is 0.250. The molecule has 6 aromatic rings. The molecule has 1 saturated carbocycles. The molecule has 8 aliphatic carbocycles. The van der Waals surface area contributed by atoms with Gasteiger partial charge in [0.2, 0.25) is 0 Å². The lowest BCUT2D eigenvalue weighted by molar-refractivity contribution is -0.140. The standard InChI is InChI=1S/C44H28O2/c1-19-26-16-22-14-21-13-20-10-12-42-18-24-15-23-17-27(19)34-33(26)35-29(22)30(21)38-39-37(35)36(34)31(23)32(24)41(39)44(42,40(20)38)43(42,11-6-9-28(45)46-2)25-7-4-3-5-8-25/h3-5,7-8,10,12-13,16-19H,6,9,11,14-15H2,1-2H3. The van der Waals surface area contributed by atoms with E-state index in [4.69, 9.17) is 4.74 Å². The third-order valence-electron chi connectivity index (χ3n) is 14.6. The average Bonchev–Trinajstić information content (AvgIpc) is 3.67. The zero-order valence-corrected chi connectivity index (χ0v) is 25.8. The largest absolute Gasteiger partial charge is 0.469 e. The van der Waals surface area contributed by atoms with Crippen molar-refractivity contribution in [2.24, 2.45) is 5.41 Å². The fourth-order valence-corrected chi connectivity index (χ4v) is 13.6. The van der Waals surface area contributed by atoms with Gasteiger partial charge in [-0.25, -0.2) is 0 Å². The lowest BCUT2D eigenvalue weighted by atomic mass is 9.70. The summed E-state index contributed by atoms with van der Waals surface area (Å²) in [5.74, 6) is 0.350. The molecule has 1 spiro atoms. The van der Waals surface area contributed by atoms with Crippen LogP contribution in [0.2, 0.25) is 0 Å². The molecular weight excluding hydrogens is 560 g/mol. The van der Waals surface area contributed by atoms with E-state index in [9.17, 15) is 4.79 Å². The van der Waals surface area contributed by atoms with Crippen LogP contribution < -0.4 is 0 Å². The van der Waals surface area contributed by atoms with E-state index in [2.05, 4.69) is 73.7 Å². The van der Waals surface area contributed by atoms with Crippen molar-refractivity contribution in [3.8, 4) is 11.1 Å². The van der Waals surface area contributed by atoms with Crippen molar-refractivity contribution < 1.29 is 9.53 Å². The first kappa shape index (κ1) is 22.8. The Morgan fingerprint density at radius 3 is 2.33 bits per heavy atom. The summed E-state index contributed by atoms with van der Waals surface area (Å²) < 4.78 is 5.17. The van der Waals surface area contributed by atoms with E-state index in [-0.39, 0.29) is 22.2 Å². The van der Waals surface area contributed by atoms with Gasteiger partial charge in [-0.2, -0.15) is 0 Å². The molecule has 0 heterocycles. The number of hydrogen-bond acceptors (Lipinski definition) is 2. The van der Waals surface area contributed by atoms with Crippen LogP contribution in [0.1, 0.15) is 87.7 Å². The summed E-state index contributed by atoms with van der Waals surface area (Å²) >= 11 is 0. The highest BCUT2D eigenvalue weighted by Gasteiger charge is 2.89. The highest BCUT2D eigenvalue weighted by molar-refractivity contribution is 6.46. The average molecular weight is 589 g/mol. The van der Waals surface area contributed by atoms with E-state index >= 15 is 0 Å². The van der Waals surface area contributed by atoms with Crippen molar-refractivity contribution >= 4 is 60.7 Å². The lowest BCUT2D eigenvalue weighted by Crippen LogP contribution is -2.25. The summed E-state index contributed by atoms with van der Waals surface area (Å²) in [4.78, 5) is 12.6. The third kappa shape index (κ3) is 1.74. The monoisotopic (exact) mass is 588 g/mol. The number of hydrogen-bond donors (Lipinski definition) is 0. The second-order valence-electron chi connectivity index (χ2n) is 15.6. The molecule has 4 atom stereocenters. The summed E-state index contributed by atoms with van der Waals surface area (Å²) in [6.45, 7) is 2.46. The first-order chi connectivity index (χ1) is 22.6. The van der Waals surface area contributed by atoms with Gasteiger partial charge in [0.15, 0.2) is 0 Å². The third-order valence-corrected chi connectivity index (χ3v) is 14.6. The van der Waals surface area contributed by atoms with E-state index in [1.807, 2.05) is 0 Å². The van der Waals surface area contributed by atoms with E-state index in [0.29, 0.717) is 12.3 Å². The van der Waals surface area contributed by atoms with Gasteiger partial charge in [0, 0.05) is 28.6 Å². The molecule has 8 aliphatic rings. The summed E-state index contributed by atoms with van der Waals surface area (Å²) in [5.41, 5.74) is 19.6. The molecule has 4 unspecified atom stereocenters. The van der Waals surface area contributed by atoms with Gasteiger partial charge in [-0.1, -0.05) is 73.7 Å². The number of esters is 1. The van der Waals surface area contributed by atoms with Crippen molar-refractivity contribution in [2.75, 3.05) is 7.11 Å². The normalized spacial score (nSPS) is 28.5. The van der Waals surface area contributed by atoms with Crippen molar-refractivity contribution in [3.63, 3.8) is 0 Å². The Labute approximate surface area is 265 Å². The van der Waals surface area contributed by atoms with Crippen molar-refractivity contribution in [2.45, 2.75) is 55.8 Å². The van der Waals surface area contributed by atoms with Crippen molar-refractivity contribution in [1.29, 1.82) is 0 Å². The molecule has 14 rings (SSSR count). The number of methoxy groups -OCH3 is 1. The molecule has 0 radical (unpaired) electrons. The molecule has 0 aliphatic heterocycles. The summed E-state index contributed by atoms with van der Waals surface area (Å²) in [6.07, 6.45) is 12.2. The zero-order chi connectivity index (χ0) is 29.8. The maximum atomic E-state index is 12.6. The van der Waals surface area contributed by atoms with Gasteiger partial charge in [0.05, 0.1) is 7.11 Å². The van der Waals surface area contributed by atoms with Crippen LogP contribution >= 0.6 is 0 Å². The molecule has 0 N–H and O–H groups in total. The number of ether oxygens (including phenoxy) is 1. The molecule has 1 fully saturated rings. The Bertz CT molecular complexity index is 2790. The minimum Gasteiger partial charge on any atom is -0.469 e. The van der Waals surface area contributed by atoms with Gasteiger partial charge >= 0.3 is 5.97 Å². The lowest BCUT2D eigenvalue weighted by Gasteiger charge is -2.31. The number of allylic oxidation sites excluding steroid dienone is 3. The van der Waals surface area contributed by atoms with Crippen LogP contribution in [0.25, 0.3) is 65.9 Å². The highest BCUT2D eigenvalue weighted by Crippen LogP contribution is 2.91. The van der Waals surface area contributed by atoms with Gasteiger partial charge in [-0.05, 0) is 141 Å². The summed E-state index contributed by atoms with van der Waals surface area (Å²) in [7, 11) is 1.52. The van der Waals surface area contributed by atoms with Gasteiger partial charge in [-0.3, -0.25) is 4.79 Å². The van der Waals surface area contributed by atoms with E-state index in [1.54, 1.807) is 98.7 Å². The topological polar surface area (TPSA) is 26.3 Å². The Kier molecular flexibility index (Phi) is 3.12. The Hall–Kier alpha value is -4.69. The van der Waals surface area contributed by atoms with Gasteiger partial charge < -0.3 is 4.74 Å². The maximum Gasteiger partial charge on any atom is 0.305 e. The zero-order valence-electron chi connectivity index (χ0n) is 25.8. The van der Waals surface area contributed by atoms with Gasteiger partial charge in [-0.15, -0.1) is 0 Å². The second kappa shape index (κ2) is 6.32. The molecule has 6 aromatic carbocycles. The molecule has 2 nitrogen and oxygen atoms in total. The van der Waals surface area contributed by atoms with Crippen LogP contribution in [0, 0.1) is 5.41 Å². The van der Waals surface area contributed by atoms with Crippen LogP contribution in [-0.2, 0) is 33.2 Å². The Morgan fingerprint density at radius 2 is 1.52 bits per heavy atom. The molecule has 2 heteroatoms. The predicted molar refractivity (Wildman–Crippen MR) is 184 cm³/mol. The number of carbonyl (C=O) groups is 1. The Morgan fingerprint density at radius 1 is 0.804 bits per heavy atom. The molecular formula is C44H28O2. The molecule has 0 bridgehead atoms.